The Balaban J connectivity index is 2.38. The van der Waals surface area contributed by atoms with Crippen molar-refractivity contribution in [2.45, 2.75) is 58.5 Å². The molecule has 20 heavy (non-hydrogen) atoms. The summed E-state index contributed by atoms with van der Waals surface area (Å²) in [6.07, 6.45) is 4.87. The van der Waals surface area contributed by atoms with E-state index in [0.29, 0.717) is 23.8 Å². The van der Waals surface area contributed by atoms with Gasteiger partial charge in [0.05, 0.1) is 5.69 Å². The van der Waals surface area contributed by atoms with E-state index in [1.807, 2.05) is 6.92 Å². The molecule has 0 aromatic carbocycles. The smallest absolute Gasteiger partial charge is 0.347 e. The minimum Gasteiger partial charge on any atom is -0.477 e. The second kappa shape index (κ2) is 6.22. The predicted molar refractivity (Wildman–Crippen MR) is 79.4 cm³/mol. The summed E-state index contributed by atoms with van der Waals surface area (Å²) in [6, 6.07) is 0. The van der Waals surface area contributed by atoms with Gasteiger partial charge in [0.15, 0.2) is 0 Å². The van der Waals surface area contributed by atoms with E-state index in [1.54, 1.807) is 0 Å². The molecule has 0 spiro atoms. The van der Waals surface area contributed by atoms with E-state index < -0.39 is 5.97 Å². The van der Waals surface area contributed by atoms with Crippen LogP contribution >= 0.6 is 11.3 Å². The lowest BCUT2D eigenvalue weighted by molar-refractivity contribution is -0.0392. The highest BCUT2D eigenvalue weighted by atomic mass is 32.1. The fourth-order valence-corrected chi connectivity index (χ4v) is 4.01. The maximum atomic E-state index is 11.4. The molecule has 1 aliphatic carbocycles. The van der Waals surface area contributed by atoms with Gasteiger partial charge in [-0.3, -0.25) is 0 Å². The number of hydrogen-bond donors (Lipinski definition) is 1. The lowest BCUT2D eigenvalue weighted by atomic mass is 10.0. The molecule has 0 aliphatic heterocycles. The Morgan fingerprint density at radius 1 is 1.45 bits per heavy atom. The maximum Gasteiger partial charge on any atom is 0.347 e. The zero-order valence-electron chi connectivity index (χ0n) is 12.4. The summed E-state index contributed by atoms with van der Waals surface area (Å²) in [7, 11) is 0. The van der Waals surface area contributed by atoms with Gasteiger partial charge in [-0.1, -0.05) is 26.7 Å². The third kappa shape index (κ3) is 3.04. The number of ether oxygens (including phenoxy) is 1. The van der Waals surface area contributed by atoms with E-state index in [-0.39, 0.29) is 5.60 Å². The van der Waals surface area contributed by atoms with Crippen molar-refractivity contribution >= 4 is 17.3 Å². The molecule has 4 nitrogen and oxygen atoms in total. The summed E-state index contributed by atoms with van der Waals surface area (Å²) in [5.41, 5.74) is 0.386. The average molecular weight is 297 g/mol. The number of thiazole rings is 1. The maximum absolute atomic E-state index is 11.4. The molecule has 0 saturated heterocycles. The predicted octanol–water partition coefficient (Wildman–Crippen LogP) is 3.85. The zero-order chi connectivity index (χ0) is 14.8. The lowest BCUT2D eigenvalue weighted by Gasteiger charge is -2.26. The zero-order valence-corrected chi connectivity index (χ0v) is 13.3. The van der Waals surface area contributed by atoms with Crippen LogP contribution in [0.15, 0.2) is 0 Å². The van der Waals surface area contributed by atoms with Crippen molar-refractivity contribution in [3.05, 3.63) is 15.6 Å². The van der Waals surface area contributed by atoms with Gasteiger partial charge in [0.25, 0.3) is 0 Å². The first-order valence-corrected chi connectivity index (χ1v) is 8.17. The average Bonchev–Trinajstić information content (AvgIpc) is 2.96. The topological polar surface area (TPSA) is 59.4 Å². The number of carboxylic acids is 1. The van der Waals surface area contributed by atoms with Gasteiger partial charge in [-0.2, -0.15) is 0 Å². The number of hydrogen-bond acceptors (Lipinski definition) is 4. The highest BCUT2D eigenvalue weighted by Gasteiger charge is 2.40. The van der Waals surface area contributed by atoms with E-state index >= 15 is 0 Å². The summed E-state index contributed by atoms with van der Waals surface area (Å²) in [5.74, 6) is -0.469. The van der Waals surface area contributed by atoms with Crippen LogP contribution in [0.2, 0.25) is 0 Å². The molecule has 1 fully saturated rings. The fraction of sp³-hybridized carbons (Fsp3) is 0.733. The Morgan fingerprint density at radius 3 is 2.60 bits per heavy atom. The van der Waals surface area contributed by atoms with Crippen LogP contribution in [0.1, 0.15) is 66.8 Å². The van der Waals surface area contributed by atoms with Gasteiger partial charge in [-0.05, 0) is 32.1 Å². The molecule has 1 heterocycles. The fourth-order valence-electron chi connectivity index (χ4n) is 2.88. The molecule has 2 rings (SSSR count). The van der Waals surface area contributed by atoms with Crippen LogP contribution < -0.4 is 0 Å². The van der Waals surface area contributed by atoms with E-state index in [2.05, 4.69) is 18.8 Å². The minimum atomic E-state index is -0.867. The number of carbonyl (C=O) groups is 1. The number of carboxylic acid groups (broad SMARTS) is 1. The van der Waals surface area contributed by atoms with Gasteiger partial charge >= 0.3 is 5.97 Å². The molecule has 5 heteroatoms. The van der Waals surface area contributed by atoms with Gasteiger partial charge in [0.2, 0.25) is 0 Å². The van der Waals surface area contributed by atoms with Crippen LogP contribution in [0.4, 0.5) is 0 Å². The Bertz CT molecular complexity index is 475. The molecule has 0 unspecified atom stereocenters. The van der Waals surface area contributed by atoms with Crippen LogP contribution in [0.5, 0.6) is 0 Å². The molecule has 0 bridgehead atoms. The van der Waals surface area contributed by atoms with Crippen molar-refractivity contribution in [1.82, 2.24) is 4.98 Å². The first kappa shape index (κ1) is 15.4. The van der Waals surface area contributed by atoms with E-state index in [0.717, 1.165) is 36.4 Å². The molecular weight excluding hydrogens is 274 g/mol. The van der Waals surface area contributed by atoms with E-state index in [4.69, 9.17) is 4.74 Å². The van der Waals surface area contributed by atoms with Crippen LogP contribution in [0, 0.1) is 5.92 Å². The summed E-state index contributed by atoms with van der Waals surface area (Å²) in [5, 5.41) is 10.2. The summed E-state index contributed by atoms with van der Waals surface area (Å²) in [4.78, 5) is 16.5. The second-order valence-corrected chi connectivity index (χ2v) is 6.83. The normalized spacial score (nSPS) is 17.8. The summed E-state index contributed by atoms with van der Waals surface area (Å²) in [6.45, 7) is 6.79. The molecule has 0 radical (unpaired) electrons. The van der Waals surface area contributed by atoms with Crippen molar-refractivity contribution < 1.29 is 14.6 Å². The summed E-state index contributed by atoms with van der Waals surface area (Å²) >= 11 is 1.31. The van der Waals surface area contributed by atoms with Gasteiger partial charge in [-0.25, -0.2) is 9.78 Å². The third-order valence-corrected chi connectivity index (χ3v) is 4.99. The van der Waals surface area contributed by atoms with Crippen molar-refractivity contribution in [1.29, 1.82) is 0 Å². The molecule has 1 aromatic heterocycles. The van der Waals surface area contributed by atoms with Crippen molar-refractivity contribution in [3.8, 4) is 0 Å². The van der Waals surface area contributed by atoms with Crippen molar-refractivity contribution in [2.24, 2.45) is 5.92 Å². The highest BCUT2D eigenvalue weighted by Crippen LogP contribution is 2.44. The molecule has 1 N–H and O–H groups in total. The highest BCUT2D eigenvalue weighted by molar-refractivity contribution is 7.13. The Hall–Kier alpha value is -0.940. The Morgan fingerprint density at radius 2 is 2.10 bits per heavy atom. The van der Waals surface area contributed by atoms with Crippen molar-refractivity contribution in [3.63, 3.8) is 0 Å². The van der Waals surface area contributed by atoms with E-state index in [9.17, 15) is 9.90 Å². The van der Waals surface area contributed by atoms with Crippen molar-refractivity contribution in [2.75, 3.05) is 6.61 Å². The summed E-state index contributed by atoms with van der Waals surface area (Å²) < 4.78 is 5.98. The van der Waals surface area contributed by atoms with E-state index in [1.165, 1.54) is 11.3 Å². The van der Waals surface area contributed by atoms with Crippen LogP contribution in [0.3, 0.4) is 0 Å². The largest absolute Gasteiger partial charge is 0.477 e. The molecular formula is C15H23NO3S. The van der Waals surface area contributed by atoms with Crippen LogP contribution in [-0.4, -0.2) is 22.7 Å². The van der Waals surface area contributed by atoms with Gasteiger partial charge in [0.1, 0.15) is 15.5 Å². The molecule has 0 atom stereocenters. The van der Waals surface area contributed by atoms with Gasteiger partial charge < -0.3 is 9.84 Å². The quantitative estimate of drug-likeness (QED) is 0.866. The van der Waals surface area contributed by atoms with Gasteiger partial charge in [0, 0.05) is 6.61 Å². The molecule has 1 aliphatic rings. The standard InChI is InChI=1S/C15H23NO3S/c1-4-19-15(7-5-6-8-15)14-16-11(9-10(2)3)12(20-14)13(17)18/h10H,4-9H2,1-3H3,(H,17,18). The number of rotatable bonds is 6. The minimum absolute atomic E-state index is 0.334. The molecule has 112 valence electrons. The number of nitrogens with zero attached hydrogens (tertiary/aromatic N) is 1. The van der Waals surface area contributed by atoms with Crippen LogP contribution in [-0.2, 0) is 16.8 Å². The number of aromatic carboxylic acids is 1. The first-order valence-electron chi connectivity index (χ1n) is 7.36. The van der Waals surface area contributed by atoms with Gasteiger partial charge in [-0.15, -0.1) is 11.3 Å². The second-order valence-electron chi connectivity index (χ2n) is 5.83. The Kier molecular flexibility index (Phi) is 4.81. The molecule has 1 aromatic rings. The molecule has 1 saturated carbocycles. The third-order valence-electron chi connectivity index (χ3n) is 3.71. The Labute approximate surface area is 124 Å². The SMILES string of the molecule is CCOC1(c2nc(CC(C)C)c(C(=O)O)s2)CCCC1. The molecule has 0 amide bonds. The number of aromatic nitrogens is 1. The van der Waals surface area contributed by atoms with Crippen LogP contribution in [0.25, 0.3) is 0 Å². The monoisotopic (exact) mass is 297 g/mol. The first-order chi connectivity index (χ1) is 9.48. The lowest BCUT2D eigenvalue weighted by Crippen LogP contribution is -2.26.